The number of tetrazole rings is 1. The number of hydrogen-bond acceptors (Lipinski definition) is 6. The molecule has 3 rings (SSSR count). The number of ether oxygens (including phenoxy) is 1. The highest BCUT2D eigenvalue weighted by atomic mass is 32.2. The molecule has 0 aliphatic rings. The number of nitrogens with zero attached hydrogens (tertiary/aromatic N) is 4. The van der Waals surface area contributed by atoms with Crippen molar-refractivity contribution in [3.8, 4) is 11.4 Å². The zero-order valence-electron chi connectivity index (χ0n) is 13.1. The second-order valence-electron chi connectivity index (χ2n) is 4.88. The van der Waals surface area contributed by atoms with Crippen molar-refractivity contribution in [1.82, 2.24) is 20.2 Å². The molecule has 0 N–H and O–H groups in total. The van der Waals surface area contributed by atoms with Gasteiger partial charge in [-0.05, 0) is 53.7 Å². The van der Waals surface area contributed by atoms with Crippen LogP contribution in [0, 0.1) is 0 Å². The predicted molar refractivity (Wildman–Crippen MR) is 91.8 cm³/mol. The number of aromatic nitrogens is 4. The van der Waals surface area contributed by atoms with Crippen LogP contribution in [0.4, 0.5) is 0 Å². The average molecular weight is 340 g/mol. The van der Waals surface area contributed by atoms with Crippen LogP contribution in [0.25, 0.3) is 5.69 Å². The summed E-state index contributed by atoms with van der Waals surface area (Å²) in [6.45, 7) is 2.53. The standard InChI is InChI=1S/C17H16N4O2S/c1-2-23-15-10-8-13(9-11-15)16(22)12-24-17-18-19-20-21(17)14-6-4-3-5-7-14/h3-11H,2,12H2,1H3. The van der Waals surface area contributed by atoms with Gasteiger partial charge in [-0.2, -0.15) is 4.68 Å². The minimum atomic E-state index is 0.0191. The molecule has 0 saturated heterocycles. The molecule has 0 unspecified atom stereocenters. The summed E-state index contributed by atoms with van der Waals surface area (Å²) in [5.41, 5.74) is 1.50. The molecule has 7 heteroatoms. The minimum absolute atomic E-state index is 0.0191. The van der Waals surface area contributed by atoms with Crippen LogP contribution in [0.2, 0.25) is 0 Å². The first kappa shape index (κ1) is 16.2. The van der Waals surface area contributed by atoms with E-state index in [2.05, 4.69) is 15.5 Å². The largest absolute Gasteiger partial charge is 0.494 e. The van der Waals surface area contributed by atoms with Crippen molar-refractivity contribution in [3.63, 3.8) is 0 Å². The van der Waals surface area contributed by atoms with Gasteiger partial charge in [0.2, 0.25) is 5.16 Å². The molecule has 2 aromatic carbocycles. The lowest BCUT2D eigenvalue weighted by molar-refractivity contribution is 0.102. The van der Waals surface area contributed by atoms with Gasteiger partial charge >= 0.3 is 0 Å². The molecule has 1 heterocycles. The smallest absolute Gasteiger partial charge is 0.214 e. The average Bonchev–Trinajstić information content (AvgIpc) is 3.10. The Bertz CT molecular complexity index is 803. The van der Waals surface area contributed by atoms with E-state index in [-0.39, 0.29) is 11.5 Å². The van der Waals surface area contributed by atoms with E-state index in [0.717, 1.165) is 11.4 Å². The number of rotatable bonds is 7. The van der Waals surface area contributed by atoms with Gasteiger partial charge in [-0.3, -0.25) is 4.79 Å². The Morgan fingerprint density at radius 2 is 1.88 bits per heavy atom. The molecular weight excluding hydrogens is 324 g/mol. The van der Waals surface area contributed by atoms with Gasteiger partial charge in [0.25, 0.3) is 0 Å². The topological polar surface area (TPSA) is 69.9 Å². The van der Waals surface area contributed by atoms with Gasteiger partial charge in [0.1, 0.15) is 5.75 Å². The summed E-state index contributed by atoms with van der Waals surface area (Å²) < 4.78 is 7.00. The molecule has 0 amide bonds. The summed E-state index contributed by atoms with van der Waals surface area (Å²) in [5, 5.41) is 12.2. The van der Waals surface area contributed by atoms with Crippen molar-refractivity contribution in [1.29, 1.82) is 0 Å². The Morgan fingerprint density at radius 1 is 1.12 bits per heavy atom. The van der Waals surface area contributed by atoms with Gasteiger partial charge in [0, 0.05) is 5.56 Å². The number of ketones is 1. The Labute approximate surface area is 143 Å². The van der Waals surface area contributed by atoms with Crippen molar-refractivity contribution < 1.29 is 9.53 Å². The number of thioether (sulfide) groups is 1. The van der Waals surface area contributed by atoms with E-state index < -0.39 is 0 Å². The number of carbonyl (C=O) groups excluding carboxylic acids is 1. The van der Waals surface area contributed by atoms with Crippen LogP contribution in [-0.2, 0) is 0 Å². The Hall–Kier alpha value is -2.67. The number of carbonyl (C=O) groups is 1. The molecular formula is C17H16N4O2S. The summed E-state index contributed by atoms with van der Waals surface area (Å²) in [6, 6.07) is 16.7. The van der Waals surface area contributed by atoms with Crippen molar-refractivity contribution in [2.75, 3.05) is 12.4 Å². The Kier molecular flexibility index (Phi) is 5.22. The fourth-order valence-electron chi connectivity index (χ4n) is 2.12. The zero-order chi connectivity index (χ0) is 16.8. The maximum absolute atomic E-state index is 12.3. The SMILES string of the molecule is CCOc1ccc(C(=O)CSc2nnnn2-c2ccccc2)cc1. The van der Waals surface area contributed by atoms with E-state index in [1.807, 2.05) is 37.3 Å². The lowest BCUT2D eigenvalue weighted by Crippen LogP contribution is -2.05. The second kappa shape index (κ2) is 7.74. The summed E-state index contributed by atoms with van der Waals surface area (Å²) in [5.74, 6) is 1.04. The van der Waals surface area contributed by atoms with E-state index in [4.69, 9.17) is 4.74 Å². The van der Waals surface area contributed by atoms with Gasteiger partial charge in [0.05, 0.1) is 18.0 Å². The van der Waals surface area contributed by atoms with E-state index in [0.29, 0.717) is 17.3 Å². The van der Waals surface area contributed by atoms with Gasteiger partial charge in [-0.1, -0.05) is 30.0 Å². The van der Waals surface area contributed by atoms with E-state index in [1.54, 1.807) is 28.9 Å². The van der Waals surface area contributed by atoms with Crippen LogP contribution >= 0.6 is 11.8 Å². The maximum Gasteiger partial charge on any atom is 0.214 e. The monoisotopic (exact) mass is 340 g/mol. The summed E-state index contributed by atoms with van der Waals surface area (Å²) in [6.07, 6.45) is 0. The third-order valence-corrected chi connectivity index (χ3v) is 4.18. The van der Waals surface area contributed by atoms with Gasteiger partial charge < -0.3 is 4.74 Å². The molecule has 0 aliphatic heterocycles. The molecule has 0 fully saturated rings. The molecule has 0 radical (unpaired) electrons. The third kappa shape index (κ3) is 3.80. The van der Waals surface area contributed by atoms with E-state index in [1.165, 1.54) is 11.8 Å². The van der Waals surface area contributed by atoms with Crippen LogP contribution < -0.4 is 4.74 Å². The molecule has 24 heavy (non-hydrogen) atoms. The maximum atomic E-state index is 12.3. The van der Waals surface area contributed by atoms with Crippen molar-refractivity contribution in [2.45, 2.75) is 12.1 Å². The van der Waals surface area contributed by atoms with E-state index in [9.17, 15) is 4.79 Å². The van der Waals surface area contributed by atoms with Gasteiger partial charge in [0.15, 0.2) is 5.78 Å². The van der Waals surface area contributed by atoms with Crippen LogP contribution in [0.1, 0.15) is 17.3 Å². The fraction of sp³-hybridized carbons (Fsp3) is 0.176. The highest BCUT2D eigenvalue weighted by Crippen LogP contribution is 2.20. The molecule has 122 valence electrons. The highest BCUT2D eigenvalue weighted by Gasteiger charge is 2.12. The number of Topliss-reactive ketones (excluding diaryl/α,β-unsaturated/α-hetero) is 1. The lowest BCUT2D eigenvalue weighted by atomic mass is 10.1. The normalized spacial score (nSPS) is 10.5. The highest BCUT2D eigenvalue weighted by molar-refractivity contribution is 7.99. The number of para-hydroxylation sites is 1. The summed E-state index contributed by atoms with van der Waals surface area (Å²) >= 11 is 1.31. The first-order chi connectivity index (χ1) is 11.8. The lowest BCUT2D eigenvalue weighted by Gasteiger charge is -2.05. The van der Waals surface area contributed by atoms with Gasteiger partial charge in [-0.15, -0.1) is 5.10 Å². The number of benzene rings is 2. The van der Waals surface area contributed by atoms with Crippen molar-refractivity contribution >= 4 is 17.5 Å². The van der Waals surface area contributed by atoms with Crippen molar-refractivity contribution in [3.05, 3.63) is 60.2 Å². The minimum Gasteiger partial charge on any atom is -0.494 e. The second-order valence-corrected chi connectivity index (χ2v) is 5.82. The molecule has 1 aromatic heterocycles. The summed E-state index contributed by atoms with van der Waals surface area (Å²) in [4.78, 5) is 12.3. The van der Waals surface area contributed by atoms with E-state index >= 15 is 0 Å². The molecule has 0 saturated carbocycles. The third-order valence-electron chi connectivity index (χ3n) is 3.26. The van der Waals surface area contributed by atoms with Crippen LogP contribution in [-0.4, -0.2) is 38.4 Å². The number of hydrogen-bond donors (Lipinski definition) is 0. The van der Waals surface area contributed by atoms with Crippen LogP contribution in [0.15, 0.2) is 59.8 Å². The molecule has 3 aromatic rings. The van der Waals surface area contributed by atoms with Crippen LogP contribution in [0.3, 0.4) is 0 Å². The molecule has 0 aliphatic carbocycles. The Morgan fingerprint density at radius 3 is 2.58 bits per heavy atom. The fourth-order valence-corrected chi connectivity index (χ4v) is 2.90. The van der Waals surface area contributed by atoms with Crippen LogP contribution in [0.5, 0.6) is 5.75 Å². The first-order valence-corrected chi connectivity index (χ1v) is 8.49. The molecule has 0 bridgehead atoms. The molecule has 0 spiro atoms. The molecule has 6 nitrogen and oxygen atoms in total. The molecule has 0 atom stereocenters. The van der Waals surface area contributed by atoms with Gasteiger partial charge in [-0.25, -0.2) is 0 Å². The quantitative estimate of drug-likeness (QED) is 0.486. The first-order valence-electron chi connectivity index (χ1n) is 7.50. The zero-order valence-corrected chi connectivity index (χ0v) is 13.9. The van der Waals surface area contributed by atoms with Crippen molar-refractivity contribution in [2.24, 2.45) is 0 Å². The summed E-state index contributed by atoms with van der Waals surface area (Å²) in [7, 11) is 0. The Balaban J connectivity index is 1.66. The predicted octanol–water partition coefficient (Wildman–Crippen LogP) is 3.04.